The number of rotatable bonds is 5. The van der Waals surface area contributed by atoms with Crippen molar-refractivity contribution < 1.29 is 0 Å². The molecule has 0 fully saturated rings. The second kappa shape index (κ2) is 6.15. The van der Waals surface area contributed by atoms with Gasteiger partial charge in [0.05, 0.1) is 12.2 Å². The number of anilines is 1. The van der Waals surface area contributed by atoms with Gasteiger partial charge in [0.2, 0.25) is 0 Å². The van der Waals surface area contributed by atoms with Crippen LogP contribution in [-0.4, -0.2) is 28.6 Å². The van der Waals surface area contributed by atoms with E-state index in [0.29, 0.717) is 0 Å². The van der Waals surface area contributed by atoms with Gasteiger partial charge < -0.3 is 14.8 Å². The maximum Gasteiger partial charge on any atom is 0.185 e. The molecule has 0 atom stereocenters. The van der Waals surface area contributed by atoms with Crippen molar-refractivity contribution in [2.24, 2.45) is 7.05 Å². The van der Waals surface area contributed by atoms with Crippen LogP contribution in [0.5, 0.6) is 0 Å². The van der Waals surface area contributed by atoms with Crippen LogP contribution in [0.25, 0.3) is 0 Å². The third kappa shape index (κ3) is 3.63. The topological polar surface area (TPSA) is 46.0 Å². The molecule has 0 aromatic carbocycles. The van der Waals surface area contributed by atoms with Gasteiger partial charge in [-0.25, -0.2) is 9.97 Å². The zero-order valence-corrected chi connectivity index (χ0v) is 14.6. The van der Waals surface area contributed by atoms with E-state index in [9.17, 15) is 0 Å². The summed E-state index contributed by atoms with van der Waals surface area (Å²) in [4.78, 5) is 12.7. The van der Waals surface area contributed by atoms with Crippen molar-refractivity contribution in [1.82, 2.24) is 19.9 Å². The monoisotopic (exact) mass is 307 g/mol. The summed E-state index contributed by atoms with van der Waals surface area (Å²) in [6.45, 7) is 8.26. The maximum absolute atomic E-state index is 4.88. The van der Waals surface area contributed by atoms with Gasteiger partial charge in [0.25, 0.3) is 0 Å². The average molecular weight is 307 g/mol. The first-order chi connectivity index (χ1) is 9.82. The molecule has 0 saturated heterocycles. The predicted octanol–water partition coefficient (Wildman–Crippen LogP) is 2.53. The van der Waals surface area contributed by atoms with E-state index in [4.69, 9.17) is 4.98 Å². The fraction of sp³-hybridized carbons (Fsp3) is 0.600. The molecule has 21 heavy (non-hydrogen) atoms. The first kappa shape index (κ1) is 16.0. The maximum atomic E-state index is 4.88. The number of hydrogen-bond acceptors (Lipinski definition) is 5. The van der Waals surface area contributed by atoms with E-state index in [1.807, 2.05) is 31.1 Å². The number of nitrogens with zero attached hydrogens (tertiary/aromatic N) is 4. The summed E-state index contributed by atoms with van der Waals surface area (Å²) in [7, 11) is 6.07. The molecule has 6 heteroatoms. The van der Waals surface area contributed by atoms with E-state index in [0.717, 1.165) is 24.0 Å². The zero-order valence-electron chi connectivity index (χ0n) is 13.8. The van der Waals surface area contributed by atoms with Gasteiger partial charge in [-0.15, -0.1) is 11.3 Å². The molecule has 116 valence electrons. The van der Waals surface area contributed by atoms with Gasteiger partial charge in [0, 0.05) is 43.3 Å². The molecule has 0 amide bonds. The van der Waals surface area contributed by atoms with E-state index < -0.39 is 0 Å². The molecule has 0 unspecified atom stereocenters. The molecular weight excluding hydrogens is 282 g/mol. The number of imidazole rings is 1. The van der Waals surface area contributed by atoms with Crippen LogP contribution >= 0.6 is 11.3 Å². The van der Waals surface area contributed by atoms with Crippen LogP contribution in [0.4, 0.5) is 5.13 Å². The fourth-order valence-corrected chi connectivity index (χ4v) is 3.44. The van der Waals surface area contributed by atoms with E-state index in [1.165, 1.54) is 10.6 Å². The summed E-state index contributed by atoms with van der Waals surface area (Å²) in [5.41, 5.74) is 1.24. The van der Waals surface area contributed by atoms with Crippen molar-refractivity contribution >= 4 is 16.5 Å². The Hall–Kier alpha value is -1.40. The summed E-state index contributed by atoms with van der Waals surface area (Å²) < 4.78 is 2.04. The molecule has 0 aliphatic carbocycles. The summed E-state index contributed by atoms with van der Waals surface area (Å²) in [6, 6.07) is 0. The molecule has 0 aliphatic heterocycles. The lowest BCUT2D eigenvalue weighted by atomic mass is 9.91. The molecule has 2 rings (SSSR count). The van der Waals surface area contributed by atoms with Crippen molar-refractivity contribution in [2.45, 2.75) is 39.3 Å². The lowest BCUT2D eigenvalue weighted by molar-refractivity contribution is 0.562. The second-order valence-corrected chi connectivity index (χ2v) is 7.42. The van der Waals surface area contributed by atoms with Gasteiger partial charge in [0.1, 0.15) is 5.82 Å². The number of thiazole rings is 1. The lowest BCUT2D eigenvalue weighted by Gasteiger charge is -2.18. The molecule has 2 heterocycles. The lowest BCUT2D eigenvalue weighted by Crippen LogP contribution is -2.20. The van der Waals surface area contributed by atoms with Gasteiger partial charge in [-0.1, -0.05) is 20.8 Å². The largest absolute Gasteiger partial charge is 0.344 e. The molecule has 5 nitrogen and oxygen atoms in total. The first-order valence-electron chi connectivity index (χ1n) is 7.15. The van der Waals surface area contributed by atoms with Gasteiger partial charge >= 0.3 is 0 Å². The second-order valence-electron chi connectivity index (χ2n) is 6.36. The molecule has 0 bridgehead atoms. The third-order valence-electron chi connectivity index (χ3n) is 3.36. The number of nitrogens with one attached hydrogen (secondary N) is 1. The molecule has 0 spiro atoms. The SMILES string of the molecule is CNCc1sc(N(C)Cc2nccn2C)nc1C(C)(C)C. The third-order valence-corrected chi connectivity index (χ3v) is 4.53. The highest BCUT2D eigenvalue weighted by Crippen LogP contribution is 2.33. The van der Waals surface area contributed by atoms with Crippen LogP contribution in [0, 0.1) is 0 Å². The molecule has 2 aromatic rings. The summed E-state index contributed by atoms with van der Waals surface area (Å²) in [5.74, 6) is 1.04. The van der Waals surface area contributed by atoms with Gasteiger partial charge in [-0.2, -0.15) is 0 Å². The van der Waals surface area contributed by atoms with E-state index in [2.05, 4.69) is 43.0 Å². The zero-order chi connectivity index (χ0) is 15.6. The van der Waals surface area contributed by atoms with Crippen LogP contribution in [0.15, 0.2) is 12.4 Å². The number of aryl methyl sites for hydroxylation is 1. The molecule has 1 N–H and O–H groups in total. The van der Waals surface area contributed by atoms with Crippen molar-refractivity contribution in [1.29, 1.82) is 0 Å². The highest BCUT2D eigenvalue weighted by Gasteiger charge is 2.24. The van der Waals surface area contributed by atoms with E-state index >= 15 is 0 Å². The van der Waals surface area contributed by atoms with Gasteiger partial charge in [0.15, 0.2) is 5.13 Å². The van der Waals surface area contributed by atoms with E-state index in [-0.39, 0.29) is 5.41 Å². The Kier molecular flexibility index (Phi) is 4.68. The molecule has 2 aromatic heterocycles. The standard InChI is InChI=1S/C15H25N5S/c1-15(2,3)13-11(9-16-4)21-14(18-13)20(6)10-12-17-7-8-19(12)5/h7-8,16H,9-10H2,1-6H3. The minimum atomic E-state index is 0.0605. The fourth-order valence-electron chi connectivity index (χ4n) is 2.20. The Balaban J connectivity index is 2.25. The highest BCUT2D eigenvalue weighted by atomic mass is 32.1. The summed E-state index contributed by atoms with van der Waals surface area (Å²) in [5, 5.41) is 4.29. The minimum Gasteiger partial charge on any atom is -0.344 e. The smallest absolute Gasteiger partial charge is 0.185 e. The quantitative estimate of drug-likeness (QED) is 0.922. The van der Waals surface area contributed by atoms with Crippen LogP contribution in [0.3, 0.4) is 0 Å². The van der Waals surface area contributed by atoms with Crippen LogP contribution in [0.2, 0.25) is 0 Å². The van der Waals surface area contributed by atoms with Crippen molar-refractivity contribution in [3.8, 4) is 0 Å². The minimum absolute atomic E-state index is 0.0605. The van der Waals surface area contributed by atoms with Crippen molar-refractivity contribution in [3.63, 3.8) is 0 Å². The number of hydrogen-bond donors (Lipinski definition) is 1. The van der Waals surface area contributed by atoms with Gasteiger partial charge in [-0.05, 0) is 7.05 Å². The Morgan fingerprint density at radius 1 is 1.38 bits per heavy atom. The molecular formula is C15H25N5S. The first-order valence-corrected chi connectivity index (χ1v) is 7.96. The van der Waals surface area contributed by atoms with Crippen LogP contribution in [-0.2, 0) is 25.6 Å². The van der Waals surface area contributed by atoms with Crippen molar-refractivity contribution in [2.75, 3.05) is 19.0 Å². The predicted molar refractivity (Wildman–Crippen MR) is 88.9 cm³/mol. The van der Waals surface area contributed by atoms with Gasteiger partial charge in [-0.3, -0.25) is 0 Å². The Labute approximate surface area is 131 Å². The average Bonchev–Trinajstić information content (AvgIpc) is 2.97. The highest BCUT2D eigenvalue weighted by molar-refractivity contribution is 7.15. The Morgan fingerprint density at radius 2 is 2.10 bits per heavy atom. The van der Waals surface area contributed by atoms with Crippen molar-refractivity contribution in [3.05, 3.63) is 28.8 Å². The molecule has 0 radical (unpaired) electrons. The Bertz CT molecular complexity index is 593. The van der Waals surface area contributed by atoms with E-state index in [1.54, 1.807) is 11.3 Å². The Morgan fingerprint density at radius 3 is 2.62 bits per heavy atom. The number of aromatic nitrogens is 3. The van der Waals surface area contributed by atoms with Crippen LogP contribution < -0.4 is 10.2 Å². The summed E-state index contributed by atoms with van der Waals surface area (Å²) in [6.07, 6.45) is 3.80. The molecule has 0 saturated carbocycles. The normalized spacial score (nSPS) is 11.9. The molecule has 0 aliphatic rings. The summed E-state index contributed by atoms with van der Waals surface area (Å²) >= 11 is 1.76. The van der Waals surface area contributed by atoms with Crippen LogP contribution in [0.1, 0.15) is 37.2 Å².